The first-order chi connectivity index (χ1) is 11.5. The van der Waals surface area contributed by atoms with Crippen LogP contribution in [0.25, 0.3) is 5.03 Å². The van der Waals surface area contributed by atoms with Gasteiger partial charge in [-0.1, -0.05) is 71.8 Å². The highest BCUT2D eigenvalue weighted by Gasteiger charge is 2.19. The maximum Gasteiger partial charge on any atom is 0.326 e. The molecule has 0 unspecified atom stereocenters. The molecule has 0 aliphatic rings. The minimum absolute atomic E-state index is 0.206. The standard InChI is InChI=1S/C19H18ClNO3/c1-13-7-9-15(10-8-13)16(20)12-18(22)21-17(19(23)24)11-14-5-3-2-4-6-14/h2-10,12,17H,11H2,1H3,(H,21,22)(H,23,24)/t17-/m1/s1. The van der Waals surface area contributed by atoms with Gasteiger partial charge in [0.2, 0.25) is 5.91 Å². The summed E-state index contributed by atoms with van der Waals surface area (Å²) in [6.07, 6.45) is 1.41. The molecule has 0 saturated carbocycles. The quantitative estimate of drug-likeness (QED) is 0.790. The zero-order chi connectivity index (χ0) is 17.5. The molecule has 1 atom stereocenters. The van der Waals surface area contributed by atoms with Crippen molar-refractivity contribution in [3.63, 3.8) is 0 Å². The number of halogens is 1. The van der Waals surface area contributed by atoms with E-state index in [4.69, 9.17) is 11.6 Å². The van der Waals surface area contributed by atoms with Crippen LogP contribution in [-0.4, -0.2) is 23.0 Å². The Bertz CT molecular complexity index is 739. The maximum absolute atomic E-state index is 12.1. The molecule has 5 heteroatoms. The minimum atomic E-state index is -1.09. The van der Waals surface area contributed by atoms with Crippen LogP contribution in [0, 0.1) is 6.92 Å². The Hall–Kier alpha value is -2.59. The number of carbonyl (C=O) groups is 2. The first kappa shape index (κ1) is 17.8. The molecule has 2 aromatic rings. The summed E-state index contributed by atoms with van der Waals surface area (Å²) >= 11 is 6.13. The van der Waals surface area contributed by atoms with Crippen LogP contribution < -0.4 is 5.32 Å². The number of amides is 1. The average molecular weight is 344 g/mol. The molecule has 0 aliphatic carbocycles. The van der Waals surface area contributed by atoms with E-state index in [1.807, 2.05) is 49.4 Å². The summed E-state index contributed by atoms with van der Waals surface area (Å²) in [5, 5.41) is 12.0. The summed E-state index contributed by atoms with van der Waals surface area (Å²) in [6.45, 7) is 1.95. The number of benzene rings is 2. The molecule has 0 aromatic heterocycles. The molecule has 0 fully saturated rings. The van der Waals surface area contributed by atoms with Crippen molar-refractivity contribution in [2.45, 2.75) is 19.4 Å². The van der Waals surface area contributed by atoms with Gasteiger partial charge in [-0.25, -0.2) is 4.79 Å². The largest absolute Gasteiger partial charge is 0.480 e. The molecule has 0 heterocycles. The van der Waals surface area contributed by atoms with Crippen molar-refractivity contribution in [2.75, 3.05) is 0 Å². The maximum atomic E-state index is 12.1. The van der Waals surface area contributed by atoms with Crippen LogP contribution in [0.5, 0.6) is 0 Å². The molecule has 0 aliphatic heterocycles. The molecule has 2 rings (SSSR count). The first-order valence-electron chi connectivity index (χ1n) is 7.47. The Kier molecular flexibility index (Phi) is 6.15. The summed E-state index contributed by atoms with van der Waals surface area (Å²) in [7, 11) is 0. The number of carboxylic acid groups (broad SMARTS) is 1. The van der Waals surface area contributed by atoms with Crippen LogP contribution in [0.3, 0.4) is 0 Å². The van der Waals surface area contributed by atoms with Crippen LogP contribution >= 0.6 is 11.6 Å². The van der Waals surface area contributed by atoms with Crippen LogP contribution in [0.1, 0.15) is 16.7 Å². The van der Waals surface area contributed by atoms with Gasteiger partial charge in [-0.05, 0) is 18.1 Å². The molecule has 124 valence electrons. The summed E-state index contributed by atoms with van der Waals surface area (Å²) in [5.41, 5.74) is 2.62. The van der Waals surface area contributed by atoms with Crippen molar-refractivity contribution in [2.24, 2.45) is 0 Å². The van der Waals surface area contributed by atoms with Crippen molar-refractivity contribution in [3.05, 3.63) is 77.4 Å². The second kappa shape index (κ2) is 8.31. The van der Waals surface area contributed by atoms with Gasteiger partial charge in [0, 0.05) is 12.5 Å². The van der Waals surface area contributed by atoms with Crippen LogP contribution in [0.2, 0.25) is 0 Å². The number of carboxylic acids is 1. The predicted molar refractivity (Wildman–Crippen MR) is 94.7 cm³/mol. The molecule has 1 amide bonds. The molecule has 0 spiro atoms. The van der Waals surface area contributed by atoms with E-state index in [-0.39, 0.29) is 11.5 Å². The number of hydrogen-bond donors (Lipinski definition) is 2. The zero-order valence-electron chi connectivity index (χ0n) is 13.2. The minimum Gasteiger partial charge on any atom is -0.480 e. The van der Waals surface area contributed by atoms with E-state index in [1.54, 1.807) is 12.1 Å². The lowest BCUT2D eigenvalue weighted by Crippen LogP contribution is -2.41. The van der Waals surface area contributed by atoms with Crippen molar-refractivity contribution in [3.8, 4) is 0 Å². The lowest BCUT2D eigenvalue weighted by Gasteiger charge is -2.13. The monoisotopic (exact) mass is 343 g/mol. The van der Waals surface area contributed by atoms with Gasteiger partial charge in [0.05, 0.1) is 5.03 Å². The van der Waals surface area contributed by atoms with Gasteiger partial charge in [-0.2, -0.15) is 0 Å². The SMILES string of the molecule is Cc1ccc(C(Cl)=CC(=O)N[C@H](Cc2ccccc2)C(=O)O)cc1. The fourth-order valence-corrected chi connectivity index (χ4v) is 2.40. The van der Waals surface area contributed by atoms with Crippen LogP contribution in [0.4, 0.5) is 0 Å². The highest BCUT2D eigenvalue weighted by molar-refractivity contribution is 6.50. The molecular weight excluding hydrogens is 326 g/mol. The Morgan fingerprint density at radius 3 is 2.33 bits per heavy atom. The molecule has 2 N–H and O–H groups in total. The van der Waals surface area contributed by atoms with Gasteiger partial charge in [0.25, 0.3) is 0 Å². The van der Waals surface area contributed by atoms with Crippen molar-refractivity contribution in [1.29, 1.82) is 0 Å². The highest BCUT2D eigenvalue weighted by Crippen LogP contribution is 2.19. The fraction of sp³-hybridized carbons (Fsp3) is 0.158. The van der Waals surface area contributed by atoms with E-state index in [9.17, 15) is 14.7 Å². The number of carbonyl (C=O) groups excluding carboxylic acids is 1. The summed E-state index contributed by atoms with van der Waals surface area (Å²) in [4.78, 5) is 23.4. The van der Waals surface area contributed by atoms with E-state index in [0.717, 1.165) is 11.1 Å². The molecular formula is C19H18ClNO3. The zero-order valence-corrected chi connectivity index (χ0v) is 14.0. The highest BCUT2D eigenvalue weighted by atomic mass is 35.5. The number of rotatable bonds is 6. The van der Waals surface area contributed by atoms with Crippen molar-refractivity contribution >= 4 is 28.5 Å². The first-order valence-corrected chi connectivity index (χ1v) is 7.85. The molecule has 4 nitrogen and oxygen atoms in total. The van der Waals surface area contributed by atoms with Gasteiger partial charge in [0.1, 0.15) is 6.04 Å². The lowest BCUT2D eigenvalue weighted by molar-refractivity contribution is -0.141. The third-order valence-corrected chi connectivity index (χ3v) is 3.81. The van der Waals surface area contributed by atoms with Crippen LogP contribution in [-0.2, 0) is 16.0 Å². The molecule has 24 heavy (non-hydrogen) atoms. The Labute approximate surface area is 145 Å². The van der Waals surface area contributed by atoms with Gasteiger partial charge >= 0.3 is 5.97 Å². The van der Waals surface area contributed by atoms with E-state index in [2.05, 4.69) is 5.32 Å². The number of aryl methyl sites for hydroxylation is 1. The second-order valence-electron chi connectivity index (χ2n) is 5.45. The summed E-state index contributed by atoms with van der Waals surface area (Å²) in [5.74, 6) is -1.63. The van der Waals surface area contributed by atoms with Crippen molar-refractivity contribution < 1.29 is 14.7 Å². The van der Waals surface area contributed by atoms with Crippen molar-refractivity contribution in [1.82, 2.24) is 5.32 Å². The summed E-state index contributed by atoms with van der Waals surface area (Å²) < 4.78 is 0. The van der Waals surface area contributed by atoms with Gasteiger partial charge in [0.15, 0.2) is 0 Å². The number of nitrogens with one attached hydrogen (secondary N) is 1. The van der Waals surface area contributed by atoms with Gasteiger partial charge in [-0.3, -0.25) is 4.79 Å². The van der Waals surface area contributed by atoms with E-state index in [0.29, 0.717) is 5.56 Å². The summed E-state index contributed by atoms with van der Waals surface area (Å²) in [6, 6.07) is 15.5. The number of aliphatic carboxylic acids is 1. The fourth-order valence-electron chi connectivity index (χ4n) is 2.17. The topological polar surface area (TPSA) is 66.4 Å². The normalized spacial score (nSPS) is 12.5. The molecule has 0 radical (unpaired) electrons. The number of hydrogen-bond acceptors (Lipinski definition) is 2. The third-order valence-electron chi connectivity index (χ3n) is 3.48. The molecule has 2 aromatic carbocycles. The Morgan fingerprint density at radius 2 is 1.75 bits per heavy atom. The van der Waals surface area contributed by atoms with Gasteiger partial charge < -0.3 is 10.4 Å². The predicted octanol–water partition coefficient (Wildman–Crippen LogP) is 3.39. The lowest BCUT2D eigenvalue weighted by atomic mass is 10.1. The molecule has 0 bridgehead atoms. The van der Waals surface area contributed by atoms with E-state index < -0.39 is 17.9 Å². The average Bonchev–Trinajstić information content (AvgIpc) is 2.55. The Morgan fingerprint density at radius 1 is 1.12 bits per heavy atom. The van der Waals surface area contributed by atoms with E-state index in [1.165, 1.54) is 6.08 Å². The Balaban J connectivity index is 2.06. The molecule has 0 saturated heterocycles. The second-order valence-corrected chi connectivity index (χ2v) is 5.85. The van der Waals surface area contributed by atoms with Crippen LogP contribution in [0.15, 0.2) is 60.7 Å². The third kappa shape index (κ3) is 5.25. The smallest absolute Gasteiger partial charge is 0.326 e. The van der Waals surface area contributed by atoms with Gasteiger partial charge in [-0.15, -0.1) is 0 Å². The van der Waals surface area contributed by atoms with E-state index >= 15 is 0 Å².